The van der Waals surface area contributed by atoms with Crippen molar-refractivity contribution < 1.29 is 18.0 Å². The molecule has 136 valence electrons. The Kier molecular flexibility index (Phi) is 4.95. The van der Waals surface area contributed by atoms with E-state index in [9.17, 15) is 18.0 Å². The van der Waals surface area contributed by atoms with Crippen molar-refractivity contribution in [2.24, 2.45) is 0 Å². The molecule has 0 saturated carbocycles. The minimum atomic E-state index is -4.56. The molecule has 1 unspecified atom stereocenters. The Bertz CT molecular complexity index is 790. The Hall–Kier alpha value is -1.77. The molecule has 5 nitrogen and oxygen atoms in total. The van der Waals surface area contributed by atoms with Crippen LogP contribution in [0.2, 0.25) is 0 Å². The number of alkyl halides is 3. The number of fused-ring (bicyclic) bond motifs is 1. The first kappa shape index (κ1) is 18.0. The van der Waals surface area contributed by atoms with Crippen molar-refractivity contribution in [3.63, 3.8) is 0 Å². The van der Waals surface area contributed by atoms with E-state index in [1.807, 2.05) is 13.2 Å². The second-order valence-corrected chi connectivity index (χ2v) is 6.83. The smallest absolute Gasteiger partial charge is 0.339 e. The van der Waals surface area contributed by atoms with Gasteiger partial charge in [0, 0.05) is 25.4 Å². The van der Waals surface area contributed by atoms with Crippen LogP contribution in [-0.2, 0) is 17.4 Å². The maximum absolute atomic E-state index is 13.5. The summed E-state index contributed by atoms with van der Waals surface area (Å²) < 4.78 is 41.7. The van der Waals surface area contributed by atoms with E-state index in [1.54, 1.807) is 17.0 Å². The summed E-state index contributed by atoms with van der Waals surface area (Å²) in [7, 11) is 0. The van der Waals surface area contributed by atoms with E-state index in [0.29, 0.717) is 24.4 Å². The van der Waals surface area contributed by atoms with Crippen LogP contribution in [0.1, 0.15) is 37.6 Å². The number of carbonyl (C=O) groups is 1. The predicted octanol–water partition coefficient (Wildman–Crippen LogP) is 3.41. The lowest BCUT2D eigenvalue weighted by Gasteiger charge is -2.27. The van der Waals surface area contributed by atoms with Gasteiger partial charge in [0.25, 0.3) is 0 Å². The monoisotopic (exact) mass is 372 g/mol. The van der Waals surface area contributed by atoms with Crippen molar-refractivity contribution in [1.82, 2.24) is 19.5 Å². The van der Waals surface area contributed by atoms with Crippen LogP contribution in [0, 0.1) is 0 Å². The van der Waals surface area contributed by atoms with Gasteiger partial charge in [0.1, 0.15) is 5.03 Å². The van der Waals surface area contributed by atoms with Gasteiger partial charge in [-0.2, -0.15) is 18.3 Å². The fourth-order valence-corrected chi connectivity index (χ4v) is 3.60. The summed E-state index contributed by atoms with van der Waals surface area (Å²) in [6.07, 6.45) is -0.862. The molecule has 1 atom stereocenters. The minimum Gasteiger partial charge on any atom is -0.339 e. The first-order valence-corrected chi connectivity index (χ1v) is 9.37. The van der Waals surface area contributed by atoms with E-state index < -0.39 is 11.9 Å². The molecule has 0 bridgehead atoms. The lowest BCUT2D eigenvalue weighted by Crippen LogP contribution is -2.38. The molecule has 3 rings (SSSR count). The normalized spacial score (nSPS) is 16.8. The van der Waals surface area contributed by atoms with Gasteiger partial charge >= 0.3 is 6.18 Å². The Morgan fingerprint density at radius 2 is 2.12 bits per heavy atom. The van der Waals surface area contributed by atoms with Gasteiger partial charge in [-0.25, -0.2) is 9.50 Å². The molecule has 2 aromatic heterocycles. The molecule has 25 heavy (non-hydrogen) atoms. The van der Waals surface area contributed by atoms with Crippen LogP contribution >= 0.6 is 11.8 Å². The molecule has 0 aliphatic carbocycles. The van der Waals surface area contributed by atoms with Crippen LogP contribution in [0.3, 0.4) is 0 Å². The van der Waals surface area contributed by atoms with Crippen LogP contribution in [-0.4, -0.2) is 44.2 Å². The van der Waals surface area contributed by atoms with Gasteiger partial charge in [0.05, 0.1) is 5.69 Å². The number of thioether (sulfide) groups is 1. The molecule has 1 saturated heterocycles. The van der Waals surface area contributed by atoms with E-state index in [0.717, 1.165) is 6.42 Å². The fourth-order valence-electron chi connectivity index (χ4n) is 3.23. The van der Waals surface area contributed by atoms with E-state index in [4.69, 9.17) is 0 Å². The Morgan fingerprint density at radius 3 is 2.68 bits per heavy atom. The van der Waals surface area contributed by atoms with Crippen LogP contribution in [0.25, 0.3) is 5.65 Å². The van der Waals surface area contributed by atoms with Crippen molar-refractivity contribution in [3.05, 3.63) is 23.5 Å². The molecule has 0 N–H and O–H groups in total. The second kappa shape index (κ2) is 6.86. The van der Waals surface area contributed by atoms with E-state index in [1.165, 1.54) is 16.3 Å². The number of imidazole rings is 1. The summed E-state index contributed by atoms with van der Waals surface area (Å²) in [6, 6.07) is 2.91. The van der Waals surface area contributed by atoms with Crippen LogP contribution < -0.4 is 0 Å². The van der Waals surface area contributed by atoms with Gasteiger partial charge < -0.3 is 4.90 Å². The molecule has 1 amide bonds. The van der Waals surface area contributed by atoms with Gasteiger partial charge in [-0.05, 0) is 31.2 Å². The van der Waals surface area contributed by atoms with E-state index >= 15 is 0 Å². The van der Waals surface area contributed by atoms with Crippen molar-refractivity contribution in [2.45, 2.75) is 49.9 Å². The highest BCUT2D eigenvalue weighted by molar-refractivity contribution is 7.98. The lowest BCUT2D eigenvalue weighted by molar-refractivity contribution is -0.141. The number of carbonyl (C=O) groups excluding carboxylic acids is 1. The largest absolute Gasteiger partial charge is 0.435 e. The van der Waals surface area contributed by atoms with Gasteiger partial charge in [-0.15, -0.1) is 11.8 Å². The number of halogens is 3. The Morgan fingerprint density at radius 1 is 1.36 bits per heavy atom. The highest BCUT2D eigenvalue weighted by Gasteiger charge is 2.39. The number of likely N-dealkylation sites (tertiary alicyclic amines) is 1. The van der Waals surface area contributed by atoms with Crippen molar-refractivity contribution in [3.8, 4) is 0 Å². The average Bonchev–Trinajstić information content (AvgIpc) is 3.15. The highest BCUT2D eigenvalue weighted by Crippen LogP contribution is 2.33. The van der Waals surface area contributed by atoms with Crippen molar-refractivity contribution >= 4 is 23.3 Å². The maximum Gasteiger partial charge on any atom is 0.435 e. The molecule has 9 heteroatoms. The number of amides is 1. The van der Waals surface area contributed by atoms with Gasteiger partial charge in [-0.1, -0.05) is 6.92 Å². The van der Waals surface area contributed by atoms with Crippen LogP contribution in [0.15, 0.2) is 17.2 Å². The molecule has 0 aromatic carbocycles. The molecule has 2 aromatic rings. The topological polar surface area (TPSA) is 50.5 Å². The second-order valence-electron chi connectivity index (χ2n) is 6.01. The van der Waals surface area contributed by atoms with Crippen LogP contribution in [0.4, 0.5) is 13.2 Å². The lowest BCUT2D eigenvalue weighted by atomic mass is 10.1. The SMILES string of the molecule is CCC(Cc1c(C(F)(F)F)nc2ccc(SC)nn12)N1CCCC1=O. The molecule has 3 heterocycles. The number of nitrogens with zero attached hydrogens (tertiary/aromatic N) is 4. The molecule has 1 aliphatic rings. The maximum atomic E-state index is 13.5. The molecular weight excluding hydrogens is 353 g/mol. The summed E-state index contributed by atoms with van der Waals surface area (Å²) >= 11 is 1.35. The van der Waals surface area contributed by atoms with E-state index in [2.05, 4.69) is 10.1 Å². The third kappa shape index (κ3) is 3.47. The molecule has 1 aliphatic heterocycles. The van der Waals surface area contributed by atoms with Crippen LogP contribution in [0.5, 0.6) is 0 Å². The van der Waals surface area contributed by atoms with Gasteiger partial charge in [-0.3, -0.25) is 4.79 Å². The third-order valence-electron chi connectivity index (χ3n) is 4.47. The first-order chi connectivity index (χ1) is 11.8. The number of hydrogen-bond acceptors (Lipinski definition) is 4. The molecule has 1 fully saturated rings. The zero-order valence-electron chi connectivity index (χ0n) is 14.0. The zero-order chi connectivity index (χ0) is 18.2. The number of rotatable bonds is 5. The van der Waals surface area contributed by atoms with Gasteiger partial charge in [0.2, 0.25) is 5.91 Å². The van der Waals surface area contributed by atoms with Gasteiger partial charge in [0.15, 0.2) is 11.3 Å². The van der Waals surface area contributed by atoms with Crippen molar-refractivity contribution in [2.75, 3.05) is 12.8 Å². The fraction of sp³-hybridized carbons (Fsp3) is 0.562. The Balaban J connectivity index is 2.06. The quantitative estimate of drug-likeness (QED) is 0.755. The summed E-state index contributed by atoms with van der Waals surface area (Å²) in [5.41, 5.74) is -0.726. The average molecular weight is 372 g/mol. The minimum absolute atomic E-state index is 0.00647. The molecule has 0 radical (unpaired) electrons. The summed E-state index contributed by atoms with van der Waals surface area (Å²) in [4.78, 5) is 17.5. The standard InChI is InChI=1S/C16H19F3N4OS/c1-3-10(22-8-4-5-14(22)24)9-11-15(16(17,18)19)20-12-6-7-13(25-2)21-23(11)12/h6-7,10H,3-5,8-9H2,1-2H3. The summed E-state index contributed by atoms with van der Waals surface area (Å²) in [5.74, 6) is 0.00647. The first-order valence-electron chi connectivity index (χ1n) is 8.14. The predicted molar refractivity (Wildman–Crippen MR) is 88.5 cm³/mol. The molecule has 0 spiro atoms. The summed E-state index contributed by atoms with van der Waals surface area (Å²) in [5, 5.41) is 4.89. The number of aromatic nitrogens is 3. The highest BCUT2D eigenvalue weighted by atomic mass is 32.2. The third-order valence-corrected chi connectivity index (χ3v) is 5.11. The van der Waals surface area contributed by atoms with Crippen molar-refractivity contribution in [1.29, 1.82) is 0 Å². The zero-order valence-corrected chi connectivity index (χ0v) is 14.8. The summed E-state index contributed by atoms with van der Waals surface area (Å²) in [6.45, 7) is 2.48. The molecular formula is C16H19F3N4OS. The van der Waals surface area contributed by atoms with E-state index in [-0.39, 0.29) is 29.7 Å². The Labute approximate surface area is 147 Å². The number of hydrogen-bond donors (Lipinski definition) is 0.